The van der Waals surface area contributed by atoms with Gasteiger partial charge in [0.2, 0.25) is 0 Å². The summed E-state index contributed by atoms with van der Waals surface area (Å²) in [5, 5.41) is 23.9. The topological polar surface area (TPSA) is 95.3 Å². The molecule has 0 fully saturated rings. The van der Waals surface area contributed by atoms with E-state index in [2.05, 4.69) is 15.3 Å². The molecule has 6 heteroatoms. The van der Waals surface area contributed by atoms with Gasteiger partial charge in [-0.2, -0.15) is 0 Å². The van der Waals surface area contributed by atoms with Crippen molar-refractivity contribution in [1.29, 1.82) is 0 Å². The summed E-state index contributed by atoms with van der Waals surface area (Å²) < 4.78 is 0. The Morgan fingerprint density at radius 2 is 1.61 bits per heavy atom. The number of aromatic hydroxyl groups is 1. The molecule has 0 aliphatic carbocycles. The van der Waals surface area contributed by atoms with E-state index in [0.717, 1.165) is 11.4 Å². The number of carbonyl (C=O) groups is 1. The van der Waals surface area contributed by atoms with Gasteiger partial charge < -0.3 is 15.5 Å². The molecule has 0 saturated heterocycles. The van der Waals surface area contributed by atoms with E-state index < -0.39 is 12.0 Å². The van der Waals surface area contributed by atoms with Gasteiger partial charge in [-0.05, 0) is 45.0 Å². The standard InChI is InChI=1S/C17H17N3O3/c1-8-4-7-12-13(18-8)11-6-5-9(2)19-14(11)16(22)15(12)20-17(23)10(3)21/h4-7,10,21-22H,1-3H3,(H,20,23)/t10-/m1/s1. The van der Waals surface area contributed by atoms with Gasteiger partial charge in [0.1, 0.15) is 11.6 Å². The molecular weight excluding hydrogens is 294 g/mol. The summed E-state index contributed by atoms with van der Waals surface area (Å²) in [5.74, 6) is -0.731. The van der Waals surface area contributed by atoms with Crippen LogP contribution in [0.15, 0.2) is 24.3 Å². The van der Waals surface area contributed by atoms with Crippen molar-refractivity contribution in [2.75, 3.05) is 5.32 Å². The Morgan fingerprint density at radius 1 is 1.04 bits per heavy atom. The molecule has 2 heterocycles. The maximum Gasteiger partial charge on any atom is 0.253 e. The van der Waals surface area contributed by atoms with Crippen LogP contribution in [0.3, 0.4) is 0 Å². The fraction of sp³-hybridized carbons (Fsp3) is 0.235. The van der Waals surface area contributed by atoms with Gasteiger partial charge in [0.05, 0.1) is 11.2 Å². The largest absolute Gasteiger partial charge is 0.504 e. The first-order valence-electron chi connectivity index (χ1n) is 7.27. The van der Waals surface area contributed by atoms with Crippen LogP contribution in [-0.2, 0) is 4.79 Å². The van der Waals surface area contributed by atoms with Crippen LogP contribution in [0.25, 0.3) is 21.8 Å². The van der Waals surface area contributed by atoms with Crippen LogP contribution in [0, 0.1) is 13.8 Å². The van der Waals surface area contributed by atoms with E-state index in [4.69, 9.17) is 0 Å². The minimum Gasteiger partial charge on any atom is -0.504 e. The predicted octanol–water partition coefficient (Wildman–Crippen LogP) is 2.42. The van der Waals surface area contributed by atoms with Gasteiger partial charge in [0.25, 0.3) is 5.91 Å². The lowest BCUT2D eigenvalue weighted by molar-refractivity contribution is -0.123. The third-order valence-corrected chi connectivity index (χ3v) is 3.68. The second kappa shape index (κ2) is 5.48. The zero-order valence-corrected chi connectivity index (χ0v) is 13.1. The number of phenolic OH excluding ortho intramolecular Hbond substituents is 1. The van der Waals surface area contributed by atoms with Crippen LogP contribution in [0.2, 0.25) is 0 Å². The van der Waals surface area contributed by atoms with Crippen molar-refractivity contribution in [1.82, 2.24) is 9.97 Å². The number of phenols is 1. The number of aromatic nitrogens is 2. The third-order valence-electron chi connectivity index (χ3n) is 3.68. The monoisotopic (exact) mass is 311 g/mol. The molecule has 3 aromatic rings. The zero-order valence-electron chi connectivity index (χ0n) is 13.1. The molecule has 3 N–H and O–H groups in total. The molecular formula is C17H17N3O3. The van der Waals surface area contributed by atoms with Crippen molar-refractivity contribution in [3.8, 4) is 5.75 Å². The van der Waals surface area contributed by atoms with Gasteiger partial charge in [-0.25, -0.2) is 4.98 Å². The average Bonchev–Trinajstić information content (AvgIpc) is 2.51. The number of nitrogens with one attached hydrogen (secondary N) is 1. The van der Waals surface area contributed by atoms with Crippen molar-refractivity contribution in [2.24, 2.45) is 0 Å². The quantitative estimate of drug-likeness (QED) is 0.499. The first-order chi connectivity index (χ1) is 10.9. The SMILES string of the molecule is Cc1ccc2c(n1)c(O)c(NC(=O)[C@@H](C)O)c1ccc(C)nc12. The summed E-state index contributed by atoms with van der Waals surface area (Å²) in [5.41, 5.74) is 2.79. The normalized spacial score (nSPS) is 12.5. The summed E-state index contributed by atoms with van der Waals surface area (Å²) >= 11 is 0. The number of fused-ring (bicyclic) bond motifs is 3. The number of aliphatic hydroxyl groups is 1. The molecule has 0 aliphatic rings. The van der Waals surface area contributed by atoms with Crippen molar-refractivity contribution in [3.05, 3.63) is 35.7 Å². The number of carbonyl (C=O) groups excluding carboxylic acids is 1. The number of nitrogens with zero attached hydrogens (tertiary/aromatic N) is 2. The number of rotatable bonds is 2. The second-order valence-corrected chi connectivity index (χ2v) is 5.59. The van der Waals surface area contributed by atoms with E-state index in [1.807, 2.05) is 26.0 Å². The molecule has 1 amide bonds. The molecule has 23 heavy (non-hydrogen) atoms. The Morgan fingerprint density at radius 3 is 2.22 bits per heavy atom. The first kappa shape index (κ1) is 15.2. The van der Waals surface area contributed by atoms with Gasteiger partial charge in [-0.3, -0.25) is 9.78 Å². The highest BCUT2D eigenvalue weighted by molar-refractivity contribution is 6.16. The Kier molecular flexibility index (Phi) is 3.61. The van der Waals surface area contributed by atoms with Crippen LogP contribution < -0.4 is 5.32 Å². The van der Waals surface area contributed by atoms with Gasteiger partial charge in [0.15, 0.2) is 5.75 Å². The smallest absolute Gasteiger partial charge is 0.253 e. The summed E-state index contributed by atoms with van der Waals surface area (Å²) in [6, 6.07) is 7.29. The number of hydrogen-bond acceptors (Lipinski definition) is 5. The lowest BCUT2D eigenvalue weighted by Gasteiger charge is -2.15. The molecule has 0 radical (unpaired) electrons. The number of aryl methyl sites for hydroxylation is 2. The van der Waals surface area contributed by atoms with Crippen LogP contribution >= 0.6 is 0 Å². The fourth-order valence-corrected chi connectivity index (χ4v) is 2.49. The number of pyridine rings is 2. The Balaban J connectivity index is 2.40. The molecule has 2 aromatic heterocycles. The van der Waals surface area contributed by atoms with E-state index >= 15 is 0 Å². The third kappa shape index (κ3) is 2.57. The van der Waals surface area contributed by atoms with Gasteiger partial charge in [-0.15, -0.1) is 0 Å². The molecule has 1 aromatic carbocycles. The highest BCUT2D eigenvalue weighted by Crippen LogP contribution is 2.39. The van der Waals surface area contributed by atoms with Crippen molar-refractivity contribution in [3.63, 3.8) is 0 Å². The number of aliphatic hydroxyl groups excluding tert-OH is 1. The van der Waals surface area contributed by atoms with E-state index in [-0.39, 0.29) is 11.4 Å². The van der Waals surface area contributed by atoms with Gasteiger partial charge in [0, 0.05) is 22.2 Å². The number of anilines is 1. The minimum absolute atomic E-state index is 0.129. The predicted molar refractivity (Wildman–Crippen MR) is 88.5 cm³/mol. The van der Waals surface area contributed by atoms with E-state index in [0.29, 0.717) is 21.8 Å². The first-order valence-corrected chi connectivity index (χ1v) is 7.27. The summed E-state index contributed by atoms with van der Waals surface area (Å²) in [6.07, 6.45) is -1.19. The van der Waals surface area contributed by atoms with Crippen LogP contribution in [0.1, 0.15) is 18.3 Å². The zero-order chi connectivity index (χ0) is 16.7. The minimum atomic E-state index is -1.19. The summed E-state index contributed by atoms with van der Waals surface area (Å²) in [7, 11) is 0. The number of hydrogen-bond donors (Lipinski definition) is 3. The van der Waals surface area contributed by atoms with Crippen molar-refractivity contribution < 1.29 is 15.0 Å². The number of benzene rings is 1. The summed E-state index contributed by atoms with van der Waals surface area (Å²) in [4.78, 5) is 20.8. The molecule has 3 rings (SSSR count). The van der Waals surface area contributed by atoms with Crippen LogP contribution in [0.4, 0.5) is 5.69 Å². The van der Waals surface area contributed by atoms with E-state index in [9.17, 15) is 15.0 Å². The maximum absolute atomic E-state index is 11.9. The highest BCUT2D eigenvalue weighted by Gasteiger charge is 2.19. The molecule has 0 bridgehead atoms. The van der Waals surface area contributed by atoms with E-state index in [1.165, 1.54) is 6.92 Å². The van der Waals surface area contributed by atoms with Crippen molar-refractivity contribution in [2.45, 2.75) is 26.9 Å². The maximum atomic E-state index is 11.9. The molecule has 0 saturated carbocycles. The lowest BCUT2D eigenvalue weighted by atomic mass is 10.1. The highest BCUT2D eigenvalue weighted by atomic mass is 16.3. The molecule has 0 spiro atoms. The number of amides is 1. The fourth-order valence-electron chi connectivity index (χ4n) is 2.49. The second-order valence-electron chi connectivity index (χ2n) is 5.59. The van der Waals surface area contributed by atoms with Gasteiger partial charge >= 0.3 is 0 Å². The Bertz CT molecular complexity index is 935. The molecule has 118 valence electrons. The van der Waals surface area contributed by atoms with Crippen LogP contribution in [-0.4, -0.2) is 32.2 Å². The van der Waals surface area contributed by atoms with Crippen LogP contribution in [0.5, 0.6) is 5.75 Å². The summed E-state index contributed by atoms with van der Waals surface area (Å²) in [6.45, 7) is 5.05. The van der Waals surface area contributed by atoms with Crippen molar-refractivity contribution >= 4 is 33.4 Å². The van der Waals surface area contributed by atoms with Gasteiger partial charge in [-0.1, -0.05) is 0 Å². The average molecular weight is 311 g/mol. The lowest BCUT2D eigenvalue weighted by Crippen LogP contribution is -2.24. The Hall–Kier alpha value is -2.73. The molecule has 6 nitrogen and oxygen atoms in total. The molecule has 0 aliphatic heterocycles. The Labute approximate surface area is 132 Å². The van der Waals surface area contributed by atoms with E-state index in [1.54, 1.807) is 12.1 Å². The molecule has 0 unspecified atom stereocenters. The molecule has 1 atom stereocenters.